The molecule has 0 heterocycles. The topological polar surface area (TPSA) is 84.6 Å². The molecule has 23 heavy (non-hydrogen) atoms. The number of ether oxygens (including phenoxy) is 1. The third kappa shape index (κ3) is 4.09. The Morgan fingerprint density at radius 1 is 1.22 bits per heavy atom. The SMILES string of the molecule is COc1ccc(C(O)CNC(=O)C(C)(N)c2ccccc2)cc1. The summed E-state index contributed by atoms with van der Waals surface area (Å²) in [5, 5.41) is 12.9. The molecule has 4 N–H and O–H groups in total. The molecule has 0 aliphatic heterocycles. The van der Waals surface area contributed by atoms with Crippen LogP contribution in [0.4, 0.5) is 0 Å². The van der Waals surface area contributed by atoms with E-state index in [0.29, 0.717) is 11.3 Å². The highest BCUT2D eigenvalue weighted by molar-refractivity contribution is 5.87. The minimum Gasteiger partial charge on any atom is -0.497 e. The van der Waals surface area contributed by atoms with Crippen molar-refractivity contribution in [2.45, 2.75) is 18.6 Å². The lowest BCUT2D eigenvalue weighted by molar-refractivity contribution is -0.126. The number of benzene rings is 2. The highest BCUT2D eigenvalue weighted by Crippen LogP contribution is 2.19. The Kier molecular flexibility index (Phi) is 5.36. The van der Waals surface area contributed by atoms with Crippen LogP contribution in [0.25, 0.3) is 0 Å². The number of amides is 1. The van der Waals surface area contributed by atoms with E-state index in [9.17, 15) is 9.90 Å². The largest absolute Gasteiger partial charge is 0.497 e. The predicted octanol–water partition coefficient (Wildman–Crippen LogP) is 1.72. The van der Waals surface area contributed by atoms with Gasteiger partial charge in [0.1, 0.15) is 11.3 Å². The molecule has 0 fully saturated rings. The third-order valence-electron chi connectivity index (χ3n) is 3.80. The maximum atomic E-state index is 12.3. The Bertz CT molecular complexity index is 639. The van der Waals surface area contributed by atoms with Gasteiger partial charge in [-0.2, -0.15) is 0 Å². The summed E-state index contributed by atoms with van der Waals surface area (Å²) in [7, 11) is 1.58. The van der Waals surface area contributed by atoms with Gasteiger partial charge in [-0.3, -0.25) is 4.79 Å². The molecule has 122 valence electrons. The number of methoxy groups -OCH3 is 1. The molecule has 2 rings (SSSR count). The quantitative estimate of drug-likeness (QED) is 0.758. The van der Waals surface area contributed by atoms with Crippen molar-refractivity contribution in [1.29, 1.82) is 0 Å². The van der Waals surface area contributed by atoms with Gasteiger partial charge in [-0.1, -0.05) is 42.5 Å². The average molecular weight is 314 g/mol. The molecule has 2 aromatic carbocycles. The van der Waals surface area contributed by atoms with Gasteiger partial charge in [0.2, 0.25) is 5.91 Å². The number of rotatable bonds is 6. The molecule has 0 saturated carbocycles. The van der Waals surface area contributed by atoms with Crippen LogP contribution in [-0.4, -0.2) is 24.7 Å². The van der Waals surface area contributed by atoms with Gasteiger partial charge in [0.05, 0.1) is 13.2 Å². The number of carbonyl (C=O) groups is 1. The van der Waals surface area contributed by atoms with Crippen molar-refractivity contribution in [2.75, 3.05) is 13.7 Å². The first-order chi connectivity index (χ1) is 10.9. The maximum absolute atomic E-state index is 12.3. The standard InChI is InChI=1S/C18H22N2O3/c1-18(19,14-6-4-3-5-7-14)17(22)20-12-16(21)13-8-10-15(23-2)11-9-13/h3-11,16,21H,12,19H2,1-2H3,(H,20,22). The smallest absolute Gasteiger partial charge is 0.244 e. The molecular formula is C18H22N2O3. The molecule has 2 aromatic rings. The van der Waals surface area contributed by atoms with Gasteiger partial charge < -0.3 is 20.9 Å². The average Bonchev–Trinajstić information content (AvgIpc) is 2.60. The van der Waals surface area contributed by atoms with Crippen molar-refractivity contribution in [3.63, 3.8) is 0 Å². The zero-order valence-electron chi connectivity index (χ0n) is 13.3. The summed E-state index contributed by atoms with van der Waals surface area (Å²) in [5.74, 6) is 0.375. The summed E-state index contributed by atoms with van der Waals surface area (Å²) in [6.45, 7) is 1.74. The van der Waals surface area contributed by atoms with Crippen LogP contribution in [-0.2, 0) is 10.3 Å². The summed E-state index contributed by atoms with van der Waals surface area (Å²) in [5.41, 5.74) is 6.40. The fraction of sp³-hybridized carbons (Fsp3) is 0.278. The highest BCUT2D eigenvalue weighted by atomic mass is 16.5. The fourth-order valence-electron chi connectivity index (χ4n) is 2.23. The molecule has 0 bridgehead atoms. The van der Waals surface area contributed by atoms with Gasteiger partial charge in [-0.05, 0) is 30.2 Å². The van der Waals surface area contributed by atoms with Crippen LogP contribution in [0.15, 0.2) is 54.6 Å². The van der Waals surface area contributed by atoms with Crippen molar-refractivity contribution in [1.82, 2.24) is 5.32 Å². The Labute approximate surface area is 136 Å². The van der Waals surface area contributed by atoms with Crippen LogP contribution in [0.1, 0.15) is 24.2 Å². The van der Waals surface area contributed by atoms with Gasteiger partial charge >= 0.3 is 0 Å². The first-order valence-electron chi connectivity index (χ1n) is 7.40. The molecule has 0 radical (unpaired) electrons. The second kappa shape index (κ2) is 7.26. The number of aliphatic hydroxyl groups excluding tert-OH is 1. The second-order valence-corrected chi connectivity index (χ2v) is 5.57. The third-order valence-corrected chi connectivity index (χ3v) is 3.80. The molecule has 2 unspecified atom stereocenters. The lowest BCUT2D eigenvalue weighted by atomic mass is 9.92. The van der Waals surface area contributed by atoms with Crippen LogP contribution >= 0.6 is 0 Å². The van der Waals surface area contributed by atoms with Crippen molar-refractivity contribution < 1.29 is 14.6 Å². The van der Waals surface area contributed by atoms with Gasteiger partial charge in [0.15, 0.2) is 0 Å². The lowest BCUT2D eigenvalue weighted by Crippen LogP contribution is -2.49. The Morgan fingerprint density at radius 2 is 1.83 bits per heavy atom. The van der Waals surface area contributed by atoms with Crippen LogP contribution in [0, 0.1) is 0 Å². The maximum Gasteiger partial charge on any atom is 0.244 e. The van der Waals surface area contributed by atoms with E-state index in [1.165, 1.54) is 0 Å². The number of nitrogens with one attached hydrogen (secondary N) is 1. The molecule has 5 heteroatoms. The molecule has 2 atom stereocenters. The van der Waals surface area contributed by atoms with Gasteiger partial charge in [0.25, 0.3) is 0 Å². The van der Waals surface area contributed by atoms with E-state index < -0.39 is 11.6 Å². The van der Waals surface area contributed by atoms with E-state index in [1.54, 1.807) is 50.4 Å². The summed E-state index contributed by atoms with van der Waals surface area (Å²) in [6.07, 6.45) is -0.809. The van der Waals surface area contributed by atoms with E-state index in [0.717, 1.165) is 5.56 Å². The highest BCUT2D eigenvalue weighted by Gasteiger charge is 2.30. The Morgan fingerprint density at radius 3 is 2.39 bits per heavy atom. The Balaban J connectivity index is 1.97. The van der Waals surface area contributed by atoms with Gasteiger partial charge in [0, 0.05) is 6.54 Å². The van der Waals surface area contributed by atoms with E-state index in [-0.39, 0.29) is 12.5 Å². The van der Waals surface area contributed by atoms with Crippen molar-refractivity contribution in [2.24, 2.45) is 5.73 Å². The van der Waals surface area contributed by atoms with Crippen molar-refractivity contribution >= 4 is 5.91 Å². The summed E-state index contributed by atoms with van der Waals surface area (Å²) >= 11 is 0. The van der Waals surface area contributed by atoms with Crippen molar-refractivity contribution in [3.05, 3.63) is 65.7 Å². The van der Waals surface area contributed by atoms with E-state index in [1.807, 2.05) is 18.2 Å². The summed E-state index contributed by atoms with van der Waals surface area (Å²) in [4.78, 5) is 12.3. The monoisotopic (exact) mass is 314 g/mol. The minimum atomic E-state index is -1.15. The Hall–Kier alpha value is -2.37. The number of nitrogens with two attached hydrogens (primary N) is 1. The zero-order valence-corrected chi connectivity index (χ0v) is 13.3. The summed E-state index contributed by atoms with van der Waals surface area (Å²) in [6, 6.07) is 16.2. The number of hydrogen-bond acceptors (Lipinski definition) is 4. The zero-order chi connectivity index (χ0) is 16.9. The fourth-order valence-corrected chi connectivity index (χ4v) is 2.23. The van der Waals surface area contributed by atoms with E-state index in [4.69, 9.17) is 10.5 Å². The van der Waals surface area contributed by atoms with Crippen LogP contribution in [0.5, 0.6) is 5.75 Å². The molecule has 1 amide bonds. The predicted molar refractivity (Wildman–Crippen MR) is 88.9 cm³/mol. The molecule has 0 spiro atoms. The number of aliphatic hydroxyl groups is 1. The first-order valence-corrected chi connectivity index (χ1v) is 7.40. The van der Waals surface area contributed by atoms with E-state index in [2.05, 4.69) is 5.32 Å². The second-order valence-electron chi connectivity index (χ2n) is 5.57. The van der Waals surface area contributed by atoms with Crippen LogP contribution in [0.3, 0.4) is 0 Å². The molecule has 0 aliphatic rings. The first kappa shape index (κ1) is 17.0. The normalized spacial score (nSPS) is 14.6. The number of carbonyl (C=O) groups excluding carboxylic acids is 1. The van der Waals surface area contributed by atoms with E-state index >= 15 is 0 Å². The molecule has 0 aliphatic carbocycles. The summed E-state index contributed by atoms with van der Waals surface area (Å²) < 4.78 is 5.07. The van der Waals surface area contributed by atoms with Gasteiger partial charge in [-0.25, -0.2) is 0 Å². The molecule has 0 aromatic heterocycles. The molecular weight excluding hydrogens is 292 g/mol. The van der Waals surface area contributed by atoms with Crippen LogP contribution in [0.2, 0.25) is 0 Å². The van der Waals surface area contributed by atoms with Crippen molar-refractivity contribution in [3.8, 4) is 5.75 Å². The van der Waals surface area contributed by atoms with Gasteiger partial charge in [-0.15, -0.1) is 0 Å². The number of hydrogen-bond donors (Lipinski definition) is 3. The molecule has 5 nitrogen and oxygen atoms in total. The lowest BCUT2D eigenvalue weighted by Gasteiger charge is -2.25. The molecule has 0 saturated heterocycles. The van der Waals surface area contributed by atoms with Crippen LogP contribution < -0.4 is 15.8 Å². The minimum absolute atomic E-state index is 0.0881.